The van der Waals surface area contributed by atoms with E-state index in [1.54, 1.807) is 18.2 Å². The SMILES string of the molecule is CCC(CO)NC(=O)c1cc(N)cc(OC)c1. The molecular formula is C12H18N2O3. The smallest absolute Gasteiger partial charge is 0.251 e. The number of methoxy groups -OCH3 is 1. The van der Waals surface area contributed by atoms with Crippen molar-refractivity contribution in [3.8, 4) is 5.75 Å². The average Bonchev–Trinajstić information content (AvgIpc) is 2.34. The van der Waals surface area contributed by atoms with Gasteiger partial charge in [0.1, 0.15) is 5.75 Å². The number of carbonyl (C=O) groups is 1. The predicted octanol–water partition coefficient (Wildman–Crippen LogP) is 0.778. The Kier molecular flexibility index (Phi) is 4.78. The van der Waals surface area contributed by atoms with Crippen molar-refractivity contribution >= 4 is 11.6 Å². The molecule has 0 saturated carbocycles. The minimum absolute atomic E-state index is 0.0817. The lowest BCUT2D eigenvalue weighted by Gasteiger charge is -2.14. The first-order valence-corrected chi connectivity index (χ1v) is 5.47. The maximum Gasteiger partial charge on any atom is 0.251 e. The van der Waals surface area contributed by atoms with Gasteiger partial charge >= 0.3 is 0 Å². The number of nitrogen functional groups attached to an aromatic ring is 1. The van der Waals surface area contributed by atoms with Gasteiger partial charge in [-0.05, 0) is 18.6 Å². The maximum atomic E-state index is 11.9. The predicted molar refractivity (Wildman–Crippen MR) is 66.0 cm³/mol. The van der Waals surface area contributed by atoms with Crippen LogP contribution in [0.4, 0.5) is 5.69 Å². The van der Waals surface area contributed by atoms with Crippen LogP contribution in [0.15, 0.2) is 18.2 Å². The van der Waals surface area contributed by atoms with Gasteiger partial charge in [0.2, 0.25) is 0 Å². The third-order valence-corrected chi connectivity index (χ3v) is 2.48. The van der Waals surface area contributed by atoms with E-state index < -0.39 is 0 Å². The van der Waals surface area contributed by atoms with E-state index in [-0.39, 0.29) is 18.6 Å². The molecule has 0 saturated heterocycles. The highest BCUT2D eigenvalue weighted by molar-refractivity contribution is 5.95. The Morgan fingerprint density at radius 1 is 1.53 bits per heavy atom. The largest absolute Gasteiger partial charge is 0.497 e. The number of aliphatic hydroxyl groups excluding tert-OH is 1. The summed E-state index contributed by atoms with van der Waals surface area (Å²) in [6.45, 7) is 1.81. The lowest BCUT2D eigenvalue weighted by atomic mass is 10.1. The quantitative estimate of drug-likeness (QED) is 0.662. The van der Waals surface area contributed by atoms with E-state index in [0.717, 1.165) is 0 Å². The molecule has 0 aromatic heterocycles. The van der Waals surface area contributed by atoms with Crippen LogP contribution in [-0.4, -0.2) is 30.8 Å². The molecule has 5 heteroatoms. The van der Waals surface area contributed by atoms with Crippen LogP contribution in [0.1, 0.15) is 23.7 Å². The van der Waals surface area contributed by atoms with Gasteiger partial charge in [-0.2, -0.15) is 0 Å². The van der Waals surface area contributed by atoms with Crippen LogP contribution in [-0.2, 0) is 0 Å². The molecule has 1 aromatic rings. The Bertz CT molecular complexity index is 389. The molecule has 0 aliphatic rings. The number of amides is 1. The number of aliphatic hydroxyl groups is 1. The summed E-state index contributed by atoms with van der Waals surface area (Å²) in [5.74, 6) is 0.267. The fourth-order valence-electron chi connectivity index (χ4n) is 1.42. The van der Waals surface area contributed by atoms with E-state index in [1.165, 1.54) is 7.11 Å². The van der Waals surface area contributed by atoms with Crippen molar-refractivity contribution in [3.05, 3.63) is 23.8 Å². The second-order valence-electron chi connectivity index (χ2n) is 3.76. The maximum absolute atomic E-state index is 11.9. The van der Waals surface area contributed by atoms with Crippen LogP contribution in [0.2, 0.25) is 0 Å². The van der Waals surface area contributed by atoms with Crippen LogP contribution in [0.25, 0.3) is 0 Å². The minimum atomic E-state index is -0.267. The summed E-state index contributed by atoms with van der Waals surface area (Å²) in [6, 6.07) is 4.58. The number of hydrogen-bond donors (Lipinski definition) is 3. The van der Waals surface area contributed by atoms with Crippen LogP contribution < -0.4 is 15.8 Å². The standard InChI is InChI=1S/C12H18N2O3/c1-3-10(7-15)14-12(16)8-4-9(13)6-11(5-8)17-2/h4-6,10,15H,3,7,13H2,1-2H3,(H,14,16). The molecule has 4 N–H and O–H groups in total. The van der Waals surface area contributed by atoms with Crippen molar-refractivity contribution in [2.24, 2.45) is 0 Å². The molecule has 0 aliphatic heterocycles. The topological polar surface area (TPSA) is 84.6 Å². The van der Waals surface area contributed by atoms with Gasteiger partial charge < -0.3 is 20.9 Å². The number of nitrogens with two attached hydrogens (primary N) is 1. The highest BCUT2D eigenvalue weighted by Gasteiger charge is 2.12. The average molecular weight is 238 g/mol. The van der Waals surface area contributed by atoms with Gasteiger partial charge in [0.25, 0.3) is 5.91 Å². The lowest BCUT2D eigenvalue weighted by molar-refractivity contribution is 0.0914. The molecular weight excluding hydrogens is 220 g/mol. The van der Waals surface area contributed by atoms with E-state index in [2.05, 4.69) is 5.32 Å². The molecule has 94 valence electrons. The monoisotopic (exact) mass is 238 g/mol. The third kappa shape index (κ3) is 3.64. The first kappa shape index (κ1) is 13.3. The number of nitrogens with one attached hydrogen (secondary N) is 1. The fraction of sp³-hybridized carbons (Fsp3) is 0.417. The third-order valence-electron chi connectivity index (χ3n) is 2.48. The molecule has 1 unspecified atom stereocenters. The first-order chi connectivity index (χ1) is 8.10. The number of benzene rings is 1. The summed E-state index contributed by atoms with van der Waals surface area (Å²) in [6.07, 6.45) is 0.668. The highest BCUT2D eigenvalue weighted by Crippen LogP contribution is 2.18. The summed E-state index contributed by atoms with van der Waals surface area (Å²) >= 11 is 0. The highest BCUT2D eigenvalue weighted by atomic mass is 16.5. The number of ether oxygens (including phenoxy) is 1. The molecule has 1 aromatic carbocycles. The van der Waals surface area contributed by atoms with Crippen molar-refractivity contribution < 1.29 is 14.6 Å². The van der Waals surface area contributed by atoms with Gasteiger partial charge in [0, 0.05) is 17.3 Å². The van der Waals surface area contributed by atoms with Gasteiger partial charge in [-0.1, -0.05) is 6.92 Å². The number of carbonyl (C=O) groups excluding carboxylic acids is 1. The summed E-state index contributed by atoms with van der Waals surface area (Å²) in [5.41, 5.74) is 6.55. The lowest BCUT2D eigenvalue weighted by Crippen LogP contribution is -2.36. The van der Waals surface area contributed by atoms with Crippen molar-refractivity contribution in [2.45, 2.75) is 19.4 Å². The zero-order chi connectivity index (χ0) is 12.8. The summed E-state index contributed by atoms with van der Waals surface area (Å²) in [4.78, 5) is 11.9. The molecule has 17 heavy (non-hydrogen) atoms. The van der Waals surface area contributed by atoms with Crippen molar-refractivity contribution in [3.63, 3.8) is 0 Å². The minimum Gasteiger partial charge on any atom is -0.497 e. The summed E-state index contributed by atoms with van der Waals surface area (Å²) < 4.78 is 5.03. The van der Waals surface area contributed by atoms with Crippen LogP contribution in [0, 0.1) is 0 Å². The van der Waals surface area contributed by atoms with Crippen molar-refractivity contribution in [1.29, 1.82) is 0 Å². The Morgan fingerprint density at radius 2 is 2.24 bits per heavy atom. The molecule has 0 heterocycles. The van der Waals surface area contributed by atoms with E-state index in [0.29, 0.717) is 23.4 Å². The Morgan fingerprint density at radius 3 is 2.76 bits per heavy atom. The zero-order valence-corrected chi connectivity index (χ0v) is 10.1. The number of anilines is 1. The number of rotatable bonds is 5. The molecule has 0 radical (unpaired) electrons. The number of hydrogen-bond acceptors (Lipinski definition) is 4. The Hall–Kier alpha value is -1.75. The van der Waals surface area contributed by atoms with Gasteiger partial charge in [-0.15, -0.1) is 0 Å². The molecule has 5 nitrogen and oxygen atoms in total. The van der Waals surface area contributed by atoms with Crippen molar-refractivity contribution in [2.75, 3.05) is 19.5 Å². The zero-order valence-electron chi connectivity index (χ0n) is 10.1. The summed E-state index contributed by atoms with van der Waals surface area (Å²) in [7, 11) is 1.51. The fourth-order valence-corrected chi connectivity index (χ4v) is 1.42. The van der Waals surface area contributed by atoms with Crippen LogP contribution in [0.5, 0.6) is 5.75 Å². The van der Waals surface area contributed by atoms with Gasteiger partial charge in [-0.25, -0.2) is 0 Å². The van der Waals surface area contributed by atoms with Crippen molar-refractivity contribution in [1.82, 2.24) is 5.32 Å². The first-order valence-electron chi connectivity index (χ1n) is 5.47. The second-order valence-corrected chi connectivity index (χ2v) is 3.76. The van der Waals surface area contributed by atoms with Gasteiger partial charge in [0.05, 0.1) is 19.8 Å². The van der Waals surface area contributed by atoms with Crippen LogP contribution >= 0.6 is 0 Å². The van der Waals surface area contributed by atoms with E-state index in [1.807, 2.05) is 6.92 Å². The molecule has 0 spiro atoms. The molecule has 1 atom stereocenters. The van der Waals surface area contributed by atoms with Gasteiger partial charge in [0.15, 0.2) is 0 Å². The normalized spacial score (nSPS) is 11.9. The van der Waals surface area contributed by atoms with E-state index in [9.17, 15) is 4.79 Å². The molecule has 0 fully saturated rings. The molecule has 0 aliphatic carbocycles. The molecule has 0 bridgehead atoms. The van der Waals surface area contributed by atoms with Crippen LogP contribution in [0.3, 0.4) is 0 Å². The molecule has 1 rings (SSSR count). The summed E-state index contributed by atoms with van der Waals surface area (Å²) in [5, 5.41) is 11.7. The molecule has 1 amide bonds. The van der Waals surface area contributed by atoms with Gasteiger partial charge in [-0.3, -0.25) is 4.79 Å². The Labute approximate surface area is 101 Å². The second kappa shape index (κ2) is 6.10. The Balaban J connectivity index is 2.84. The van der Waals surface area contributed by atoms with E-state index >= 15 is 0 Å². The van der Waals surface area contributed by atoms with E-state index in [4.69, 9.17) is 15.6 Å².